The zero-order valence-corrected chi connectivity index (χ0v) is 24.9. The van der Waals surface area contributed by atoms with Crippen molar-refractivity contribution in [3.8, 4) is 17.2 Å². The number of nitrogens with one attached hydrogen (secondary N) is 1. The third-order valence-corrected chi connectivity index (χ3v) is 7.48. The van der Waals surface area contributed by atoms with Crippen LogP contribution < -0.4 is 10.1 Å². The third kappa shape index (κ3) is 7.14. The molecule has 5 aromatic carbocycles. The Labute approximate surface area is 265 Å². The average Bonchev–Trinajstić information content (AvgIpc) is 3.03. The van der Waals surface area contributed by atoms with Gasteiger partial charge in [0.2, 0.25) is 0 Å². The molecule has 0 aliphatic carbocycles. The quantitative estimate of drug-likeness (QED) is 0.0635. The molecule has 0 aliphatic rings. The van der Waals surface area contributed by atoms with E-state index in [4.69, 9.17) is 4.74 Å². The topological polar surface area (TPSA) is 240 Å². The zero-order valence-electron chi connectivity index (χ0n) is 24.1. The van der Waals surface area contributed by atoms with Gasteiger partial charge in [-0.1, -0.05) is 18.2 Å². The number of para-hydroxylation sites is 1. The Balaban J connectivity index is 1.51. The third-order valence-electron chi connectivity index (χ3n) is 6.61. The van der Waals surface area contributed by atoms with Crippen LogP contribution in [0.15, 0.2) is 110 Å². The second kappa shape index (κ2) is 12.9. The highest BCUT2D eigenvalue weighted by Gasteiger charge is 2.23. The SMILES string of the molecule is COc1cc(N=Nc2c(S(=O)(=O)O)cc3cc(Nc4ccccc4)ccc3c2O)c(O)cc1N=Nc1cc(C(=O)O)cc(C(=O)O)c1. The van der Waals surface area contributed by atoms with Gasteiger partial charge in [-0.05, 0) is 60.0 Å². The lowest BCUT2D eigenvalue weighted by atomic mass is 10.1. The molecule has 0 amide bonds. The summed E-state index contributed by atoms with van der Waals surface area (Å²) in [5.41, 5.74) is -0.383. The van der Waals surface area contributed by atoms with Gasteiger partial charge in [-0.2, -0.15) is 13.5 Å². The molecule has 0 unspecified atom stereocenters. The number of fused-ring (bicyclic) bond motifs is 1. The highest BCUT2D eigenvalue weighted by Crippen LogP contribution is 2.44. The van der Waals surface area contributed by atoms with E-state index >= 15 is 0 Å². The maximum Gasteiger partial charge on any atom is 0.335 e. The van der Waals surface area contributed by atoms with E-state index in [-0.39, 0.29) is 44.7 Å². The number of phenols is 2. The molecule has 0 radical (unpaired) electrons. The van der Waals surface area contributed by atoms with E-state index in [0.717, 1.165) is 42.1 Å². The number of carboxylic acids is 2. The zero-order chi connectivity index (χ0) is 33.9. The molecule has 5 rings (SSSR count). The molecular formula is C31H23N5O10S. The Morgan fingerprint density at radius 2 is 1.40 bits per heavy atom. The Morgan fingerprint density at radius 3 is 2.02 bits per heavy atom. The molecule has 0 atom stereocenters. The number of phenolic OH excluding ortho intramolecular Hbond substituents is 2. The molecule has 6 N–H and O–H groups in total. The van der Waals surface area contributed by atoms with E-state index in [1.54, 1.807) is 12.1 Å². The van der Waals surface area contributed by atoms with Crippen LogP contribution in [0.1, 0.15) is 20.7 Å². The Bertz CT molecular complexity index is 2190. The maximum atomic E-state index is 12.3. The molecule has 0 bridgehead atoms. The van der Waals surface area contributed by atoms with Gasteiger partial charge in [-0.3, -0.25) is 4.55 Å². The fraction of sp³-hybridized carbons (Fsp3) is 0.0323. The standard InChI is InChI=1S/C31H23N5O10S/c1-46-26-15-23(25(37)14-24(26)35-33-21-11-17(30(39)40)9-18(12-21)31(41)42)34-36-28-27(47(43,44)45)13-16-10-20(7-8-22(16)29(28)38)32-19-5-3-2-4-6-19/h2-15,32,37-38H,1H3,(H,39,40)(H,41,42)(H,43,44,45). The van der Waals surface area contributed by atoms with Crippen molar-refractivity contribution in [3.05, 3.63) is 96.1 Å². The summed E-state index contributed by atoms with van der Waals surface area (Å²) in [6, 6.07) is 20.4. The summed E-state index contributed by atoms with van der Waals surface area (Å²) in [5.74, 6) is -3.93. The van der Waals surface area contributed by atoms with E-state index in [1.807, 2.05) is 30.3 Å². The lowest BCUT2D eigenvalue weighted by Crippen LogP contribution is -2.01. The summed E-state index contributed by atoms with van der Waals surface area (Å²) >= 11 is 0. The fourth-order valence-corrected chi connectivity index (χ4v) is 5.07. The van der Waals surface area contributed by atoms with Crippen molar-refractivity contribution in [2.75, 3.05) is 12.4 Å². The number of nitrogens with zero attached hydrogens (tertiary/aromatic N) is 4. The minimum absolute atomic E-state index is 0.0236. The number of methoxy groups -OCH3 is 1. The second-order valence-corrected chi connectivity index (χ2v) is 11.2. The van der Waals surface area contributed by atoms with Crippen molar-refractivity contribution in [3.63, 3.8) is 0 Å². The van der Waals surface area contributed by atoms with Gasteiger partial charge >= 0.3 is 11.9 Å². The summed E-state index contributed by atoms with van der Waals surface area (Å²) in [4.78, 5) is 22.0. The van der Waals surface area contributed by atoms with Crippen molar-refractivity contribution in [2.24, 2.45) is 20.5 Å². The van der Waals surface area contributed by atoms with Gasteiger partial charge in [0.1, 0.15) is 33.5 Å². The van der Waals surface area contributed by atoms with Crippen LogP contribution in [-0.2, 0) is 10.1 Å². The van der Waals surface area contributed by atoms with Gasteiger partial charge in [-0.15, -0.1) is 15.3 Å². The lowest BCUT2D eigenvalue weighted by Gasteiger charge is -2.12. The van der Waals surface area contributed by atoms with Gasteiger partial charge in [-0.25, -0.2) is 9.59 Å². The van der Waals surface area contributed by atoms with Crippen LogP contribution in [0.2, 0.25) is 0 Å². The number of benzene rings is 5. The highest BCUT2D eigenvalue weighted by molar-refractivity contribution is 7.86. The van der Waals surface area contributed by atoms with Crippen molar-refractivity contribution >= 4 is 67.0 Å². The van der Waals surface area contributed by atoms with Gasteiger partial charge < -0.3 is 30.5 Å². The molecule has 0 heterocycles. The second-order valence-electron chi connectivity index (χ2n) is 9.77. The molecule has 0 aliphatic heterocycles. The van der Waals surface area contributed by atoms with Crippen LogP contribution >= 0.6 is 0 Å². The Hall–Kier alpha value is -6.39. The van der Waals surface area contributed by atoms with Crippen LogP contribution in [-0.4, -0.2) is 52.4 Å². The number of carbonyl (C=O) groups is 2. The van der Waals surface area contributed by atoms with Crippen LogP contribution in [0.25, 0.3) is 10.8 Å². The van der Waals surface area contributed by atoms with Crippen molar-refractivity contribution in [1.29, 1.82) is 0 Å². The van der Waals surface area contributed by atoms with E-state index in [2.05, 4.69) is 25.8 Å². The predicted octanol–water partition coefficient (Wildman–Crippen LogP) is 7.48. The van der Waals surface area contributed by atoms with Crippen LogP contribution in [0.4, 0.5) is 34.1 Å². The first kappa shape index (κ1) is 32.0. The minimum atomic E-state index is -4.93. The average molecular weight is 658 g/mol. The molecule has 0 aromatic heterocycles. The summed E-state index contributed by atoms with van der Waals surface area (Å²) in [7, 11) is -3.67. The summed E-state index contributed by atoms with van der Waals surface area (Å²) in [6.45, 7) is 0. The maximum absolute atomic E-state index is 12.3. The number of anilines is 2. The number of hydrogen-bond acceptors (Lipinski definition) is 12. The molecule has 0 fully saturated rings. The Kier molecular flexibility index (Phi) is 8.80. The van der Waals surface area contributed by atoms with E-state index in [0.29, 0.717) is 5.69 Å². The molecule has 0 saturated carbocycles. The monoisotopic (exact) mass is 657 g/mol. The van der Waals surface area contributed by atoms with Crippen LogP contribution in [0.3, 0.4) is 0 Å². The van der Waals surface area contributed by atoms with Crippen LogP contribution in [0.5, 0.6) is 17.2 Å². The van der Waals surface area contributed by atoms with Gasteiger partial charge in [0, 0.05) is 28.9 Å². The number of azo groups is 2. The summed E-state index contributed by atoms with van der Waals surface area (Å²) in [6.07, 6.45) is 0. The normalized spacial score (nSPS) is 11.7. The number of ether oxygens (including phenoxy) is 1. The van der Waals surface area contributed by atoms with E-state index < -0.39 is 44.1 Å². The number of aromatic carboxylic acids is 2. The molecular weight excluding hydrogens is 634 g/mol. The van der Waals surface area contributed by atoms with Gasteiger partial charge in [0.25, 0.3) is 10.1 Å². The number of carboxylic acid groups (broad SMARTS) is 2. The fourth-order valence-electron chi connectivity index (χ4n) is 4.41. The molecule has 5 aromatic rings. The molecule has 0 spiro atoms. The number of hydrogen-bond donors (Lipinski definition) is 6. The highest BCUT2D eigenvalue weighted by atomic mass is 32.2. The number of rotatable bonds is 10. The molecule has 15 nitrogen and oxygen atoms in total. The predicted molar refractivity (Wildman–Crippen MR) is 169 cm³/mol. The van der Waals surface area contributed by atoms with Crippen molar-refractivity contribution in [2.45, 2.75) is 4.90 Å². The lowest BCUT2D eigenvalue weighted by molar-refractivity contribution is 0.0696. The first-order valence-electron chi connectivity index (χ1n) is 13.3. The van der Waals surface area contributed by atoms with E-state index in [1.165, 1.54) is 13.2 Å². The van der Waals surface area contributed by atoms with Gasteiger partial charge in [0.15, 0.2) is 5.75 Å². The minimum Gasteiger partial charge on any atom is -0.506 e. The van der Waals surface area contributed by atoms with E-state index in [9.17, 15) is 43.0 Å². The first-order chi connectivity index (χ1) is 22.3. The summed E-state index contributed by atoms with van der Waals surface area (Å²) in [5, 5.41) is 59.3. The van der Waals surface area contributed by atoms with Crippen molar-refractivity contribution < 1.29 is 47.7 Å². The molecule has 16 heteroatoms. The molecule has 0 saturated heterocycles. The van der Waals surface area contributed by atoms with Gasteiger partial charge in [0.05, 0.1) is 23.9 Å². The molecule has 238 valence electrons. The largest absolute Gasteiger partial charge is 0.506 e. The first-order valence-corrected chi connectivity index (χ1v) is 14.7. The molecule has 47 heavy (non-hydrogen) atoms. The summed E-state index contributed by atoms with van der Waals surface area (Å²) < 4.78 is 39.9. The Morgan fingerprint density at radius 1 is 0.745 bits per heavy atom. The van der Waals surface area contributed by atoms with Crippen LogP contribution in [0, 0.1) is 0 Å². The smallest absolute Gasteiger partial charge is 0.335 e. The number of aromatic hydroxyl groups is 2. The van der Waals surface area contributed by atoms with Crippen molar-refractivity contribution in [1.82, 2.24) is 0 Å².